The maximum Gasteiger partial charge on any atom is 0.338 e. The molecule has 0 aromatic heterocycles. The van der Waals surface area contributed by atoms with Crippen molar-refractivity contribution in [2.45, 2.75) is 184 Å². The van der Waals surface area contributed by atoms with Gasteiger partial charge in [0.2, 0.25) is 5.91 Å². The summed E-state index contributed by atoms with van der Waals surface area (Å²) >= 11 is 0. The fourth-order valence-corrected chi connectivity index (χ4v) is 9.49. The molecule has 1 aromatic rings. The molecule has 1 aromatic carbocycles. The second-order valence-corrected chi connectivity index (χ2v) is 23.3. The average Bonchev–Trinajstić information content (AvgIpc) is 3.24. The van der Waals surface area contributed by atoms with Gasteiger partial charge >= 0.3 is 11.9 Å². The third kappa shape index (κ3) is 13.8. The summed E-state index contributed by atoms with van der Waals surface area (Å²) < 4.78 is 37.3. The Morgan fingerprint density at radius 1 is 0.855 bits per heavy atom. The number of benzene rings is 1. The van der Waals surface area contributed by atoms with Gasteiger partial charge < -0.3 is 64.4 Å². The largest absolute Gasteiger partial charge is 0.479 e. The zero-order chi connectivity index (χ0) is 45.1. The van der Waals surface area contributed by atoms with Gasteiger partial charge in [-0.1, -0.05) is 76.9 Å². The molecule has 0 unspecified atom stereocenters. The molecule has 2 aliphatic heterocycles. The monoisotopic (exact) mass is 891 g/mol. The smallest absolute Gasteiger partial charge is 0.338 e. The highest BCUT2D eigenvalue weighted by Crippen LogP contribution is 2.39. The first kappa shape index (κ1) is 50.0. The van der Waals surface area contributed by atoms with Gasteiger partial charge in [0.25, 0.3) is 0 Å². The van der Waals surface area contributed by atoms with Gasteiger partial charge in [-0.25, -0.2) is 9.59 Å². The molecule has 17 heteroatoms. The molecular formula is C45H69NO15Si. The molecule has 1 amide bonds. The molecule has 7 N–H and O–H groups in total. The van der Waals surface area contributed by atoms with Crippen molar-refractivity contribution in [1.82, 2.24) is 5.32 Å². The summed E-state index contributed by atoms with van der Waals surface area (Å²) in [4.78, 5) is 40.3. The Balaban J connectivity index is 1.44. The van der Waals surface area contributed by atoms with Crippen LogP contribution >= 0.6 is 0 Å². The van der Waals surface area contributed by atoms with Crippen LogP contribution < -0.4 is 5.32 Å². The van der Waals surface area contributed by atoms with Crippen LogP contribution in [-0.2, 0) is 38.0 Å². The number of aliphatic hydroxyl groups is 5. The molecule has 2 saturated carbocycles. The summed E-state index contributed by atoms with van der Waals surface area (Å²) in [5.74, 6) is -0.107. The third-order valence-corrected chi connectivity index (χ3v) is 13.2. The van der Waals surface area contributed by atoms with Gasteiger partial charge in [0, 0.05) is 18.9 Å². The molecule has 62 heavy (non-hydrogen) atoms. The Kier molecular flexibility index (Phi) is 18.8. The standard InChI is InChI=1S/C45H69NO15Si/c1-26-22-30(41(52)46-20-14-6-7-15-21-62(3,4)5)24-31(38(26)61-44-37(51)36(50)34(48)27(2)56-44)58-45-40(60-43(55)29-18-12-9-13-19-29)39(35(49)33(25-47)59-45)57-32(42(53)54)23-28-16-10-8-11-17-28/h9,12-13,18-19,26-28,30-40,44-45,47-51H,6-8,10-11,14,16-17,20,22-25H2,1-5H3,(H,46,52)(H,53,54)/t26-,27-,30+,31+,32-,33+,34+,35-,36+,37-,38+,39-,40+,44-,45+/m0/s1. The first-order valence-electron chi connectivity index (χ1n) is 22.3. The lowest BCUT2D eigenvalue weighted by molar-refractivity contribution is -0.349. The topological polar surface area (TPSA) is 240 Å². The fraction of sp³-hybridized carbons (Fsp3) is 0.756. The average molecular weight is 892 g/mol. The number of aliphatic hydroxyl groups excluding tert-OH is 5. The SMILES string of the molecule is C[C@@H]1O[C@@H](O[C@@H]2[C@@H](C)C[C@@H](C(=O)NCCCCC#C[Si](C)(C)C)C[C@H]2O[C@@H]2O[C@H](CO)[C@H](O)[C@H](O[C@@H](CC3CCCCC3)C(=O)O)[C@H]2OC(=O)c2ccccc2)[C@@H](O)[C@H](O)[C@@H]1O. The molecule has 0 radical (unpaired) electrons. The Labute approximate surface area is 366 Å². The number of hydrogen-bond acceptors (Lipinski definition) is 14. The maximum atomic E-state index is 13.8. The van der Waals surface area contributed by atoms with Crippen LogP contribution in [0.1, 0.15) is 94.8 Å². The van der Waals surface area contributed by atoms with E-state index in [2.05, 4.69) is 36.4 Å². The summed E-state index contributed by atoms with van der Waals surface area (Å²) in [7, 11) is -1.48. The van der Waals surface area contributed by atoms with Crippen LogP contribution in [0.25, 0.3) is 0 Å². The second-order valence-electron chi connectivity index (χ2n) is 18.5. The van der Waals surface area contributed by atoms with E-state index in [0.29, 0.717) is 13.0 Å². The summed E-state index contributed by atoms with van der Waals surface area (Å²) in [5.41, 5.74) is 3.49. The highest BCUT2D eigenvalue weighted by molar-refractivity contribution is 6.83. The number of rotatable bonds is 17. The first-order chi connectivity index (χ1) is 29.5. The molecule has 0 bridgehead atoms. The van der Waals surface area contributed by atoms with Gasteiger partial charge in [-0.2, -0.15) is 0 Å². The van der Waals surface area contributed by atoms with E-state index < -0.39 is 118 Å². The molecule has 4 fully saturated rings. The van der Waals surface area contributed by atoms with E-state index in [4.69, 9.17) is 28.4 Å². The van der Waals surface area contributed by atoms with Crippen LogP contribution in [-0.4, -0.2) is 149 Å². The zero-order valence-electron chi connectivity index (χ0n) is 36.7. The zero-order valence-corrected chi connectivity index (χ0v) is 37.7. The minimum atomic E-state index is -1.67. The number of carbonyl (C=O) groups excluding carboxylic acids is 2. The summed E-state index contributed by atoms with van der Waals surface area (Å²) in [6.45, 7) is 9.58. The number of hydrogen-bond donors (Lipinski definition) is 7. The van der Waals surface area contributed by atoms with Crippen molar-refractivity contribution in [2.24, 2.45) is 17.8 Å². The quantitative estimate of drug-likeness (QED) is 0.0515. The van der Waals surface area contributed by atoms with Gasteiger partial charge in [0.15, 0.2) is 24.8 Å². The molecule has 15 atom stereocenters. The number of ether oxygens (including phenoxy) is 6. The van der Waals surface area contributed by atoms with Crippen LogP contribution in [0, 0.1) is 29.2 Å². The Morgan fingerprint density at radius 2 is 1.56 bits per heavy atom. The molecule has 348 valence electrons. The molecule has 4 aliphatic rings. The van der Waals surface area contributed by atoms with E-state index in [1.165, 1.54) is 19.1 Å². The molecule has 2 heterocycles. The normalized spacial score (nSPS) is 34.9. The number of esters is 1. The van der Waals surface area contributed by atoms with E-state index in [1.54, 1.807) is 18.2 Å². The lowest BCUT2D eigenvalue weighted by atomic mass is 9.77. The molecule has 2 aliphatic carbocycles. The van der Waals surface area contributed by atoms with Gasteiger partial charge in [-0.05, 0) is 63.0 Å². The molecule has 5 rings (SSSR count). The Hall–Kier alpha value is -2.99. The third-order valence-electron chi connectivity index (χ3n) is 12.3. The number of unbranched alkanes of at least 4 members (excludes halogenated alkanes) is 2. The van der Waals surface area contributed by atoms with Crippen LogP contribution in [0.4, 0.5) is 0 Å². The van der Waals surface area contributed by atoms with Crippen molar-refractivity contribution in [3.63, 3.8) is 0 Å². The van der Waals surface area contributed by atoms with Crippen molar-refractivity contribution >= 4 is 25.9 Å². The van der Waals surface area contributed by atoms with Crippen molar-refractivity contribution in [2.75, 3.05) is 13.2 Å². The second kappa shape index (κ2) is 23.3. The molecular weight excluding hydrogens is 823 g/mol. The van der Waals surface area contributed by atoms with Crippen LogP contribution in [0.2, 0.25) is 19.6 Å². The Bertz CT molecular complexity index is 1650. The van der Waals surface area contributed by atoms with Crippen molar-refractivity contribution < 1.29 is 73.4 Å². The lowest BCUT2D eigenvalue weighted by Crippen LogP contribution is -2.64. The van der Waals surface area contributed by atoms with E-state index in [1.807, 2.05) is 6.92 Å². The van der Waals surface area contributed by atoms with Crippen LogP contribution in [0.5, 0.6) is 0 Å². The summed E-state index contributed by atoms with van der Waals surface area (Å²) in [6, 6.07) is 8.02. The van der Waals surface area contributed by atoms with Crippen molar-refractivity contribution in [3.05, 3.63) is 35.9 Å². The number of nitrogens with one attached hydrogen (secondary N) is 1. The fourth-order valence-electron chi connectivity index (χ4n) is 8.83. The van der Waals surface area contributed by atoms with Crippen LogP contribution in [0.15, 0.2) is 30.3 Å². The lowest BCUT2D eigenvalue weighted by Gasteiger charge is -2.48. The van der Waals surface area contributed by atoms with Gasteiger partial charge in [0.1, 0.15) is 44.7 Å². The van der Waals surface area contributed by atoms with Gasteiger partial charge in [-0.3, -0.25) is 4.79 Å². The van der Waals surface area contributed by atoms with Crippen LogP contribution in [0.3, 0.4) is 0 Å². The summed E-state index contributed by atoms with van der Waals surface area (Å²) in [6.07, 6.45) is -10.9. The first-order valence-corrected chi connectivity index (χ1v) is 25.8. The highest BCUT2D eigenvalue weighted by atomic mass is 28.3. The van der Waals surface area contributed by atoms with E-state index in [9.17, 15) is 45.0 Å². The minimum absolute atomic E-state index is 0.0303. The maximum absolute atomic E-state index is 13.8. The predicted octanol–water partition coefficient (Wildman–Crippen LogP) is 2.91. The Morgan fingerprint density at radius 3 is 2.23 bits per heavy atom. The number of amides is 1. The van der Waals surface area contributed by atoms with Gasteiger partial charge in [0.05, 0.1) is 30.5 Å². The summed E-state index contributed by atoms with van der Waals surface area (Å²) in [5, 5.41) is 67.5. The predicted molar refractivity (Wildman–Crippen MR) is 227 cm³/mol. The highest BCUT2D eigenvalue weighted by Gasteiger charge is 2.54. The molecule has 0 spiro atoms. The van der Waals surface area contributed by atoms with E-state index in [0.717, 1.165) is 51.4 Å². The van der Waals surface area contributed by atoms with Gasteiger partial charge in [-0.15, -0.1) is 11.5 Å². The van der Waals surface area contributed by atoms with E-state index >= 15 is 0 Å². The minimum Gasteiger partial charge on any atom is -0.479 e. The van der Waals surface area contributed by atoms with Crippen molar-refractivity contribution in [3.8, 4) is 11.5 Å². The molecule has 16 nitrogen and oxygen atoms in total. The number of aliphatic carboxylic acids is 1. The number of carbonyl (C=O) groups is 3. The van der Waals surface area contributed by atoms with Crippen molar-refractivity contribution in [1.29, 1.82) is 0 Å². The number of carboxylic acid groups (broad SMARTS) is 1. The molecule has 2 saturated heterocycles. The van der Waals surface area contributed by atoms with E-state index in [-0.39, 0.29) is 30.2 Å². The number of carboxylic acids is 1.